The molecule has 3 aliphatic rings. The second kappa shape index (κ2) is 6.84. The molecular weight excluding hydrogens is 360 g/mol. The van der Waals surface area contributed by atoms with Crippen LogP contribution in [0.2, 0.25) is 0 Å². The van der Waals surface area contributed by atoms with Crippen molar-refractivity contribution in [3.8, 4) is 0 Å². The summed E-state index contributed by atoms with van der Waals surface area (Å²) >= 11 is 0. The second-order valence-corrected chi connectivity index (χ2v) is 9.63. The molecule has 3 fully saturated rings. The van der Waals surface area contributed by atoms with Crippen molar-refractivity contribution in [1.29, 1.82) is 0 Å². The van der Waals surface area contributed by atoms with E-state index in [1.54, 1.807) is 19.9 Å². The smallest absolute Gasteiger partial charge is 0.333 e. The predicted octanol–water partition coefficient (Wildman–Crippen LogP) is 3.16. The minimum absolute atomic E-state index is 0.0193. The van der Waals surface area contributed by atoms with Crippen LogP contribution in [0.3, 0.4) is 0 Å². The summed E-state index contributed by atoms with van der Waals surface area (Å²) in [6.45, 7) is 12.9. The fraction of sp³-hybridized carbons (Fsp3) is 0.818. The van der Waals surface area contributed by atoms with Gasteiger partial charge in [0.05, 0.1) is 11.2 Å². The van der Waals surface area contributed by atoms with E-state index in [1.807, 2.05) is 27.7 Å². The third-order valence-electron chi connectivity index (χ3n) is 7.46. The van der Waals surface area contributed by atoms with Gasteiger partial charge in [0.2, 0.25) is 0 Å². The number of rotatable bonds is 4. The monoisotopic (exact) mass is 394 g/mol. The maximum atomic E-state index is 12.6. The second-order valence-electron chi connectivity index (χ2n) is 9.63. The summed E-state index contributed by atoms with van der Waals surface area (Å²) in [5.74, 6) is -1.09. The van der Waals surface area contributed by atoms with Crippen molar-refractivity contribution in [2.75, 3.05) is 0 Å². The lowest BCUT2D eigenvalue weighted by atomic mass is 9.66. The lowest BCUT2D eigenvalue weighted by molar-refractivity contribution is -0.181. The maximum Gasteiger partial charge on any atom is 0.333 e. The first kappa shape index (κ1) is 21.3. The first-order valence-corrected chi connectivity index (χ1v) is 10.3. The number of aliphatic hydroxyl groups is 1. The summed E-state index contributed by atoms with van der Waals surface area (Å²) in [6.07, 6.45) is 2.22. The van der Waals surface area contributed by atoms with Gasteiger partial charge in [0.25, 0.3) is 0 Å². The van der Waals surface area contributed by atoms with E-state index in [4.69, 9.17) is 14.2 Å². The van der Waals surface area contributed by atoms with E-state index in [2.05, 4.69) is 0 Å². The molecule has 0 aromatic rings. The molecule has 0 spiro atoms. The molecule has 1 N–H and O–H groups in total. The van der Waals surface area contributed by atoms with Gasteiger partial charge < -0.3 is 19.3 Å². The Hall–Kier alpha value is -1.40. The van der Waals surface area contributed by atoms with Crippen molar-refractivity contribution in [1.82, 2.24) is 0 Å². The molecule has 28 heavy (non-hydrogen) atoms. The summed E-state index contributed by atoms with van der Waals surface area (Å²) in [4.78, 5) is 24.5. The highest BCUT2D eigenvalue weighted by Gasteiger charge is 2.73. The number of hydrogen-bond acceptors (Lipinski definition) is 6. The minimum Gasteiger partial charge on any atom is -0.462 e. The van der Waals surface area contributed by atoms with E-state index >= 15 is 0 Å². The third-order valence-corrected chi connectivity index (χ3v) is 7.46. The highest BCUT2D eigenvalue weighted by atomic mass is 16.6. The van der Waals surface area contributed by atoms with Crippen LogP contribution < -0.4 is 0 Å². The normalized spacial score (nSPS) is 45.1. The van der Waals surface area contributed by atoms with Gasteiger partial charge in [0.15, 0.2) is 0 Å². The Bertz CT molecular complexity index is 699. The average molecular weight is 395 g/mol. The largest absolute Gasteiger partial charge is 0.462 e. The molecule has 3 rings (SSSR count). The van der Waals surface area contributed by atoms with Crippen molar-refractivity contribution >= 4 is 11.9 Å². The number of ether oxygens (including phenoxy) is 3. The predicted molar refractivity (Wildman–Crippen MR) is 103 cm³/mol. The number of carbonyl (C=O) groups is 2. The molecule has 6 heteroatoms. The standard InChI is InChI=1S/C22H34O6/c1-8-13(4)19(24)27-17-18-21(7,28-18)11-15(26-14(5)23)16-20(17,6)9-10-22(16,25)12(2)3/h8,12,15-18,25H,9-11H2,1-7H3/b13-8-/t15-,16-,17+,18+,20+,21+,22+/m1/s1. The van der Waals surface area contributed by atoms with Crippen molar-refractivity contribution < 1.29 is 28.9 Å². The van der Waals surface area contributed by atoms with Crippen molar-refractivity contribution in [3.05, 3.63) is 11.6 Å². The Morgan fingerprint density at radius 3 is 2.36 bits per heavy atom. The topological polar surface area (TPSA) is 85.4 Å². The molecular formula is C22H34O6. The zero-order valence-corrected chi connectivity index (χ0v) is 18.1. The van der Waals surface area contributed by atoms with Gasteiger partial charge in [0, 0.05) is 30.3 Å². The first-order chi connectivity index (χ1) is 12.9. The minimum atomic E-state index is -0.998. The Morgan fingerprint density at radius 1 is 1.18 bits per heavy atom. The Morgan fingerprint density at radius 2 is 1.82 bits per heavy atom. The number of allylic oxidation sites excluding steroid dienone is 1. The number of esters is 2. The zero-order valence-electron chi connectivity index (χ0n) is 18.1. The maximum absolute atomic E-state index is 12.6. The summed E-state index contributed by atoms with van der Waals surface area (Å²) in [5.41, 5.74) is -1.54. The summed E-state index contributed by atoms with van der Waals surface area (Å²) < 4.78 is 17.8. The number of fused-ring (bicyclic) bond motifs is 2. The molecule has 0 aromatic heterocycles. The van der Waals surface area contributed by atoms with E-state index < -0.39 is 28.8 Å². The average Bonchev–Trinajstić information content (AvgIpc) is 3.17. The van der Waals surface area contributed by atoms with Crippen LogP contribution in [0.15, 0.2) is 11.6 Å². The summed E-state index contributed by atoms with van der Waals surface area (Å²) in [7, 11) is 0. The van der Waals surface area contributed by atoms with Gasteiger partial charge in [-0.1, -0.05) is 26.8 Å². The highest BCUT2D eigenvalue weighted by molar-refractivity contribution is 5.87. The van der Waals surface area contributed by atoms with Gasteiger partial charge in [-0.05, 0) is 39.5 Å². The van der Waals surface area contributed by atoms with Crippen molar-refractivity contribution in [2.45, 2.75) is 97.2 Å². The molecule has 0 radical (unpaired) electrons. The molecule has 2 saturated carbocycles. The molecule has 7 atom stereocenters. The molecule has 1 saturated heterocycles. The number of carbonyl (C=O) groups excluding carboxylic acids is 2. The van der Waals surface area contributed by atoms with Crippen molar-refractivity contribution in [2.24, 2.45) is 17.3 Å². The van der Waals surface area contributed by atoms with E-state index in [0.717, 1.165) is 0 Å². The van der Waals surface area contributed by atoms with Gasteiger partial charge in [-0.3, -0.25) is 4.79 Å². The third kappa shape index (κ3) is 3.18. The van der Waals surface area contributed by atoms with E-state index in [-0.39, 0.29) is 29.9 Å². The van der Waals surface area contributed by atoms with E-state index in [0.29, 0.717) is 24.8 Å². The fourth-order valence-electron chi connectivity index (χ4n) is 5.58. The van der Waals surface area contributed by atoms with Gasteiger partial charge in [-0.25, -0.2) is 4.79 Å². The Labute approximate surface area is 167 Å². The van der Waals surface area contributed by atoms with Crippen LogP contribution in [0.4, 0.5) is 0 Å². The van der Waals surface area contributed by atoms with E-state index in [1.165, 1.54) is 6.92 Å². The van der Waals surface area contributed by atoms with Crippen LogP contribution in [0.25, 0.3) is 0 Å². The highest BCUT2D eigenvalue weighted by Crippen LogP contribution is 2.64. The zero-order chi connectivity index (χ0) is 21.1. The molecule has 0 unspecified atom stereocenters. The SMILES string of the molecule is C/C=C(/C)C(=O)O[C@H]1[C@@H]2O[C@@]2(C)C[C@@H](OC(C)=O)[C@@H]2[C@]1(C)CC[C@]2(O)C(C)C. The van der Waals surface area contributed by atoms with Gasteiger partial charge >= 0.3 is 11.9 Å². The molecule has 1 heterocycles. The molecule has 1 aliphatic heterocycles. The quantitative estimate of drug-likeness (QED) is 0.448. The van der Waals surface area contributed by atoms with Crippen LogP contribution in [-0.2, 0) is 23.8 Å². The van der Waals surface area contributed by atoms with Crippen LogP contribution >= 0.6 is 0 Å². The number of epoxide rings is 1. The molecule has 6 nitrogen and oxygen atoms in total. The lowest BCUT2D eigenvalue weighted by Crippen LogP contribution is -2.54. The molecule has 2 aliphatic carbocycles. The Kier molecular flexibility index (Phi) is 5.20. The number of hydrogen-bond donors (Lipinski definition) is 1. The van der Waals surface area contributed by atoms with Crippen molar-refractivity contribution in [3.63, 3.8) is 0 Å². The molecule has 0 bridgehead atoms. The van der Waals surface area contributed by atoms with Crippen LogP contribution in [0.5, 0.6) is 0 Å². The van der Waals surface area contributed by atoms with Crippen LogP contribution in [-0.4, -0.2) is 46.6 Å². The van der Waals surface area contributed by atoms with Gasteiger partial charge in [-0.15, -0.1) is 0 Å². The Balaban J connectivity index is 2.06. The van der Waals surface area contributed by atoms with Gasteiger partial charge in [0.1, 0.15) is 18.3 Å². The van der Waals surface area contributed by atoms with E-state index in [9.17, 15) is 14.7 Å². The summed E-state index contributed by atoms with van der Waals surface area (Å²) in [5, 5.41) is 11.6. The molecule has 0 amide bonds. The molecule has 158 valence electrons. The van der Waals surface area contributed by atoms with Crippen LogP contribution in [0.1, 0.15) is 67.7 Å². The van der Waals surface area contributed by atoms with Gasteiger partial charge in [-0.2, -0.15) is 0 Å². The first-order valence-electron chi connectivity index (χ1n) is 10.3. The van der Waals surface area contributed by atoms with Crippen LogP contribution in [0, 0.1) is 17.3 Å². The molecule has 0 aromatic carbocycles. The lowest BCUT2D eigenvalue weighted by Gasteiger charge is -2.45. The fourth-order valence-corrected chi connectivity index (χ4v) is 5.58. The summed E-state index contributed by atoms with van der Waals surface area (Å²) in [6, 6.07) is 0.